The predicted octanol–water partition coefficient (Wildman–Crippen LogP) is -0.0340. The minimum absolute atomic E-state index is 0.000629. The van der Waals surface area contributed by atoms with Gasteiger partial charge in [0.25, 0.3) is 0 Å². The van der Waals surface area contributed by atoms with Crippen LogP contribution in [0.5, 0.6) is 5.75 Å². The van der Waals surface area contributed by atoms with Gasteiger partial charge in [-0.3, -0.25) is 9.59 Å². The normalized spacial score (nSPS) is 22.1. The van der Waals surface area contributed by atoms with Gasteiger partial charge in [0, 0.05) is 37.5 Å². The van der Waals surface area contributed by atoms with E-state index < -0.39 is 30.2 Å². The molecule has 1 fully saturated rings. The highest BCUT2D eigenvalue weighted by Crippen LogP contribution is 2.26. The second-order valence-corrected chi connectivity index (χ2v) is 8.54. The van der Waals surface area contributed by atoms with E-state index in [0.29, 0.717) is 24.0 Å². The molecule has 1 saturated heterocycles. The van der Waals surface area contributed by atoms with Crippen molar-refractivity contribution in [3.63, 3.8) is 0 Å². The topological polar surface area (TPSA) is 168 Å². The number of unbranched alkanes of at least 4 members (excludes halogenated alkanes) is 3. The molecule has 0 bridgehead atoms. The number of ether oxygens (including phenoxy) is 2. The molecule has 2 aromatic rings. The summed E-state index contributed by atoms with van der Waals surface area (Å²) in [5, 5.41) is 35.5. The first-order valence-electron chi connectivity index (χ1n) is 11.6. The number of amides is 2. The minimum Gasteiger partial charge on any atom is -0.462 e. The second-order valence-electron chi connectivity index (χ2n) is 8.54. The first-order valence-corrected chi connectivity index (χ1v) is 11.6. The summed E-state index contributed by atoms with van der Waals surface area (Å²) >= 11 is 0. The summed E-state index contributed by atoms with van der Waals surface area (Å²) in [6.45, 7) is 2.44. The molecule has 3 rings (SSSR count). The van der Waals surface area contributed by atoms with Crippen molar-refractivity contribution in [2.24, 2.45) is 0 Å². The molecule has 2 heterocycles. The van der Waals surface area contributed by atoms with E-state index in [1.807, 2.05) is 0 Å². The Balaban J connectivity index is 1.54. The standard InChI is InChI=1S/C24H32N2O9/c1-14(27)25-8-4-2-3-5-9-26-20(29)10-15-11-21(30)35-19-12-16(6-7-17(15)19)34-24-23(32)22(31)18(28)13-33-24/h6-7,11-12,18,22-24,28,31-32H,2-5,8-10,13H2,1H3,(H,25,27)(H,26,29). The van der Waals surface area contributed by atoms with E-state index in [4.69, 9.17) is 13.9 Å². The Morgan fingerprint density at radius 2 is 1.74 bits per heavy atom. The quantitative estimate of drug-likeness (QED) is 0.214. The van der Waals surface area contributed by atoms with Gasteiger partial charge in [-0.1, -0.05) is 12.8 Å². The van der Waals surface area contributed by atoms with Gasteiger partial charge in [0.2, 0.25) is 18.1 Å². The molecule has 5 N–H and O–H groups in total. The lowest BCUT2D eigenvalue weighted by atomic mass is 10.1. The Morgan fingerprint density at radius 1 is 1.03 bits per heavy atom. The van der Waals surface area contributed by atoms with Crippen molar-refractivity contribution in [1.29, 1.82) is 0 Å². The van der Waals surface area contributed by atoms with Crippen molar-refractivity contribution in [2.75, 3.05) is 19.7 Å². The fourth-order valence-electron chi connectivity index (χ4n) is 3.78. The number of aliphatic hydroxyl groups is 3. The maximum atomic E-state index is 12.4. The molecule has 1 aromatic heterocycles. The average Bonchev–Trinajstić information content (AvgIpc) is 2.80. The van der Waals surface area contributed by atoms with Crippen LogP contribution in [0.25, 0.3) is 11.0 Å². The molecule has 35 heavy (non-hydrogen) atoms. The summed E-state index contributed by atoms with van der Waals surface area (Å²) in [6.07, 6.45) is -1.73. The van der Waals surface area contributed by atoms with Crippen molar-refractivity contribution in [3.05, 3.63) is 40.2 Å². The molecule has 0 saturated carbocycles. The lowest BCUT2D eigenvalue weighted by Crippen LogP contribution is -2.54. The fraction of sp³-hybridized carbons (Fsp3) is 0.542. The third-order valence-corrected chi connectivity index (χ3v) is 5.66. The van der Waals surface area contributed by atoms with Crippen LogP contribution in [-0.2, 0) is 20.7 Å². The first kappa shape index (κ1) is 26.6. The second kappa shape index (κ2) is 12.6. The van der Waals surface area contributed by atoms with Crippen molar-refractivity contribution in [3.8, 4) is 5.75 Å². The van der Waals surface area contributed by atoms with Gasteiger partial charge < -0.3 is 39.8 Å². The van der Waals surface area contributed by atoms with E-state index in [2.05, 4.69) is 10.6 Å². The molecule has 2 amide bonds. The van der Waals surface area contributed by atoms with Gasteiger partial charge in [-0.25, -0.2) is 4.79 Å². The zero-order chi connectivity index (χ0) is 25.4. The van der Waals surface area contributed by atoms with Crippen molar-refractivity contribution in [2.45, 2.75) is 63.6 Å². The van der Waals surface area contributed by atoms with Crippen LogP contribution >= 0.6 is 0 Å². The Hall–Kier alpha value is -2.99. The Morgan fingerprint density at radius 3 is 2.46 bits per heavy atom. The molecular formula is C24H32N2O9. The van der Waals surface area contributed by atoms with E-state index in [1.165, 1.54) is 19.1 Å². The molecule has 0 spiro atoms. The number of hydrogen-bond donors (Lipinski definition) is 5. The molecule has 4 unspecified atom stereocenters. The van der Waals surface area contributed by atoms with Gasteiger partial charge >= 0.3 is 5.63 Å². The van der Waals surface area contributed by atoms with Gasteiger partial charge in [-0.15, -0.1) is 0 Å². The summed E-state index contributed by atoms with van der Waals surface area (Å²) in [4.78, 5) is 35.3. The van der Waals surface area contributed by atoms with Crippen LogP contribution < -0.4 is 21.0 Å². The molecule has 11 heteroatoms. The van der Waals surface area contributed by atoms with Crippen LogP contribution in [0.4, 0.5) is 0 Å². The van der Waals surface area contributed by atoms with Gasteiger partial charge in [-0.05, 0) is 30.5 Å². The Bertz CT molecular complexity index is 1070. The number of fused-ring (bicyclic) bond motifs is 1. The summed E-state index contributed by atoms with van der Waals surface area (Å²) in [5.74, 6) is -0.0451. The number of aliphatic hydroxyl groups excluding tert-OH is 3. The highest BCUT2D eigenvalue weighted by atomic mass is 16.7. The highest BCUT2D eigenvalue weighted by molar-refractivity contribution is 5.87. The lowest BCUT2D eigenvalue weighted by molar-refractivity contribution is -0.242. The monoisotopic (exact) mass is 492 g/mol. The van der Waals surface area contributed by atoms with Crippen LogP contribution in [0, 0.1) is 0 Å². The van der Waals surface area contributed by atoms with E-state index in [1.54, 1.807) is 12.1 Å². The molecular weight excluding hydrogens is 460 g/mol. The van der Waals surface area contributed by atoms with Gasteiger partial charge in [-0.2, -0.15) is 0 Å². The van der Waals surface area contributed by atoms with Crippen molar-refractivity contribution >= 4 is 22.8 Å². The third kappa shape index (κ3) is 7.76. The number of hydrogen-bond acceptors (Lipinski definition) is 9. The number of rotatable bonds is 11. The van der Waals surface area contributed by atoms with Crippen molar-refractivity contribution in [1.82, 2.24) is 10.6 Å². The predicted molar refractivity (Wildman–Crippen MR) is 125 cm³/mol. The molecule has 0 radical (unpaired) electrons. The molecule has 1 aliphatic rings. The SMILES string of the molecule is CC(=O)NCCCCCCNC(=O)Cc1cc(=O)oc2cc(OC3OCC(O)C(O)C3O)ccc12. The van der Waals surface area contributed by atoms with Crippen LogP contribution in [0.3, 0.4) is 0 Å². The molecule has 11 nitrogen and oxygen atoms in total. The highest BCUT2D eigenvalue weighted by Gasteiger charge is 2.39. The summed E-state index contributed by atoms with van der Waals surface area (Å²) < 4.78 is 16.0. The zero-order valence-electron chi connectivity index (χ0n) is 19.6. The Labute approximate surface area is 202 Å². The van der Waals surface area contributed by atoms with Crippen LogP contribution in [0.2, 0.25) is 0 Å². The van der Waals surface area contributed by atoms with Gasteiger partial charge in [0.15, 0.2) is 0 Å². The van der Waals surface area contributed by atoms with Crippen LogP contribution in [0.1, 0.15) is 38.2 Å². The van der Waals surface area contributed by atoms with Gasteiger partial charge in [0.05, 0.1) is 13.0 Å². The summed E-state index contributed by atoms with van der Waals surface area (Å²) in [6, 6.07) is 5.91. The molecule has 0 aliphatic carbocycles. The number of nitrogens with one attached hydrogen (secondary N) is 2. The van der Waals surface area contributed by atoms with Crippen LogP contribution in [-0.4, -0.2) is 71.4 Å². The maximum absolute atomic E-state index is 12.4. The zero-order valence-corrected chi connectivity index (χ0v) is 19.6. The number of carbonyl (C=O) groups is 2. The number of carbonyl (C=O) groups excluding carboxylic acids is 2. The van der Waals surface area contributed by atoms with Crippen LogP contribution in [0.15, 0.2) is 33.5 Å². The van der Waals surface area contributed by atoms with E-state index >= 15 is 0 Å². The fourth-order valence-corrected chi connectivity index (χ4v) is 3.78. The minimum atomic E-state index is -1.46. The first-order chi connectivity index (χ1) is 16.7. The molecule has 192 valence electrons. The third-order valence-electron chi connectivity index (χ3n) is 5.66. The average molecular weight is 493 g/mol. The van der Waals surface area contributed by atoms with E-state index in [-0.39, 0.29) is 36.2 Å². The smallest absolute Gasteiger partial charge is 0.336 e. The van der Waals surface area contributed by atoms with E-state index in [0.717, 1.165) is 25.7 Å². The molecule has 4 atom stereocenters. The van der Waals surface area contributed by atoms with Gasteiger partial charge in [0.1, 0.15) is 29.6 Å². The summed E-state index contributed by atoms with van der Waals surface area (Å²) in [5.41, 5.74) is 0.0788. The molecule has 1 aromatic carbocycles. The Kier molecular flexibility index (Phi) is 9.61. The number of benzene rings is 1. The largest absolute Gasteiger partial charge is 0.462 e. The lowest BCUT2D eigenvalue weighted by Gasteiger charge is -2.34. The van der Waals surface area contributed by atoms with Crippen molar-refractivity contribution < 1.29 is 38.8 Å². The molecule has 1 aliphatic heterocycles. The maximum Gasteiger partial charge on any atom is 0.336 e. The summed E-state index contributed by atoms with van der Waals surface area (Å²) in [7, 11) is 0. The van der Waals surface area contributed by atoms with E-state index in [9.17, 15) is 29.7 Å².